The molecule has 11 heteroatoms. The van der Waals surface area contributed by atoms with Gasteiger partial charge in [-0.2, -0.15) is 22.0 Å². The number of fused-ring (bicyclic) bond motifs is 1. The van der Waals surface area contributed by atoms with Gasteiger partial charge in [0, 0.05) is 26.8 Å². The Morgan fingerprint density at radius 2 is 1.39 bits per heavy atom. The minimum Gasteiger partial charge on any atom is -0.432 e. The van der Waals surface area contributed by atoms with Crippen molar-refractivity contribution in [1.82, 2.24) is 0 Å². The molecule has 0 aliphatic heterocycles. The van der Waals surface area contributed by atoms with E-state index in [0.717, 1.165) is 39.9 Å². The van der Waals surface area contributed by atoms with Crippen LogP contribution in [0.25, 0.3) is 31.7 Å². The third-order valence-electron chi connectivity index (χ3n) is 7.01. The first kappa shape index (κ1) is 31.4. The maximum absolute atomic E-state index is 15.2. The van der Waals surface area contributed by atoms with E-state index in [1.165, 1.54) is 29.0 Å². The van der Waals surface area contributed by atoms with Crippen LogP contribution in [-0.2, 0) is 19.0 Å². The average molecular weight is 639 g/mol. The van der Waals surface area contributed by atoms with E-state index in [0.29, 0.717) is 11.6 Å². The fourth-order valence-corrected chi connectivity index (χ4v) is 5.97. The fourth-order valence-electron chi connectivity index (χ4n) is 4.85. The molecule has 1 nitrogen and oxygen atoms in total. The molecule has 0 aliphatic carbocycles. The van der Waals surface area contributed by atoms with Crippen LogP contribution in [0, 0.1) is 23.3 Å². The summed E-state index contributed by atoms with van der Waals surface area (Å²) in [6, 6.07) is 14.9. The van der Waals surface area contributed by atoms with Gasteiger partial charge in [-0.05, 0) is 77.4 Å². The molecule has 0 amide bonds. The summed E-state index contributed by atoms with van der Waals surface area (Å²) < 4.78 is 131. The molecule has 0 unspecified atom stereocenters. The zero-order valence-electron chi connectivity index (χ0n) is 23.0. The van der Waals surface area contributed by atoms with Crippen LogP contribution in [0.5, 0.6) is 5.75 Å². The van der Waals surface area contributed by atoms with E-state index in [1.54, 1.807) is 6.07 Å². The molecule has 44 heavy (non-hydrogen) atoms. The van der Waals surface area contributed by atoms with Crippen molar-refractivity contribution >= 4 is 21.4 Å². The van der Waals surface area contributed by atoms with Crippen LogP contribution < -0.4 is 4.74 Å². The lowest BCUT2D eigenvalue weighted by Crippen LogP contribution is -2.26. The zero-order valence-corrected chi connectivity index (χ0v) is 23.8. The molecule has 0 aliphatic rings. The zero-order chi connectivity index (χ0) is 31.8. The smallest absolute Gasteiger partial charge is 0.419 e. The maximum Gasteiger partial charge on any atom is 0.419 e. The first-order chi connectivity index (χ1) is 20.7. The normalized spacial score (nSPS) is 12.2. The summed E-state index contributed by atoms with van der Waals surface area (Å²) in [6.07, 6.45) is -9.33. The number of thiophene rings is 1. The molecule has 230 valence electrons. The Kier molecular flexibility index (Phi) is 8.71. The second kappa shape index (κ2) is 12.2. The number of hydrogen-bond donors (Lipinski definition) is 0. The maximum atomic E-state index is 15.2. The van der Waals surface area contributed by atoms with Crippen molar-refractivity contribution in [3.63, 3.8) is 0 Å². The Bertz CT molecular complexity index is 1800. The van der Waals surface area contributed by atoms with E-state index in [4.69, 9.17) is 0 Å². The highest BCUT2D eigenvalue weighted by molar-refractivity contribution is 7.22. The average Bonchev–Trinajstić information content (AvgIpc) is 3.35. The second-order valence-corrected chi connectivity index (χ2v) is 11.3. The summed E-state index contributed by atoms with van der Waals surface area (Å²) in [5.41, 5.74) is -0.839. The van der Waals surface area contributed by atoms with Crippen molar-refractivity contribution in [2.75, 3.05) is 0 Å². The lowest BCUT2D eigenvalue weighted by Gasteiger charge is -2.19. The second-order valence-electron chi connectivity index (χ2n) is 10.2. The van der Waals surface area contributed by atoms with Crippen LogP contribution in [0.4, 0.5) is 39.5 Å². The van der Waals surface area contributed by atoms with Crippen LogP contribution in [0.2, 0.25) is 0 Å². The highest BCUT2D eigenvalue weighted by Crippen LogP contribution is 2.38. The van der Waals surface area contributed by atoms with Gasteiger partial charge in [0.05, 0.1) is 12.0 Å². The third-order valence-corrected chi connectivity index (χ3v) is 8.15. The summed E-state index contributed by atoms with van der Waals surface area (Å²) in [7, 11) is 0. The van der Waals surface area contributed by atoms with Crippen molar-refractivity contribution in [3.05, 3.63) is 113 Å². The van der Waals surface area contributed by atoms with Gasteiger partial charge in [0.15, 0.2) is 0 Å². The summed E-state index contributed by atoms with van der Waals surface area (Å²) in [6.45, 7) is 2.09. The summed E-state index contributed by atoms with van der Waals surface area (Å²) in [5.74, 6) is -5.85. The largest absolute Gasteiger partial charge is 0.432 e. The molecule has 0 atom stereocenters. The number of alkyl halides is 5. The highest BCUT2D eigenvalue weighted by atomic mass is 32.1. The van der Waals surface area contributed by atoms with Gasteiger partial charge < -0.3 is 4.74 Å². The molecule has 0 spiro atoms. The molecule has 0 N–H and O–H groups in total. The predicted molar refractivity (Wildman–Crippen MR) is 152 cm³/mol. The molecular weight excluding hydrogens is 615 g/mol. The Morgan fingerprint density at radius 3 is 2.02 bits per heavy atom. The van der Waals surface area contributed by atoms with E-state index in [2.05, 4.69) is 17.7 Å². The van der Waals surface area contributed by atoms with Crippen molar-refractivity contribution in [3.8, 4) is 27.3 Å². The summed E-state index contributed by atoms with van der Waals surface area (Å²) in [5, 5.41) is 1.01. The van der Waals surface area contributed by atoms with Gasteiger partial charge in [0.2, 0.25) is 0 Å². The van der Waals surface area contributed by atoms with Crippen LogP contribution in [0.3, 0.4) is 0 Å². The molecule has 5 rings (SSSR count). The Morgan fingerprint density at radius 1 is 0.682 bits per heavy atom. The molecule has 4 aromatic carbocycles. The number of aryl methyl sites for hydroxylation is 1. The molecular formula is C33H23F9OS. The molecule has 0 saturated heterocycles. The minimum atomic E-state index is -5.03. The molecule has 5 aromatic rings. The van der Waals surface area contributed by atoms with Gasteiger partial charge in [-0.15, -0.1) is 11.3 Å². The first-order valence-corrected chi connectivity index (χ1v) is 14.3. The van der Waals surface area contributed by atoms with Crippen molar-refractivity contribution in [2.45, 2.75) is 44.9 Å². The van der Waals surface area contributed by atoms with E-state index < -0.39 is 65.3 Å². The lowest BCUT2D eigenvalue weighted by atomic mass is 9.98. The SMILES string of the molecule is CCCc1ccc2cc(-c3ccc(-c4cc(F)c(CCC(F)(F)Oc5ccc(C(F)(F)F)c(F)c5)c(F)c4)c(F)c3)sc2c1. The highest BCUT2D eigenvalue weighted by Gasteiger charge is 2.36. The van der Waals surface area contributed by atoms with Crippen LogP contribution in [0.15, 0.2) is 72.8 Å². The van der Waals surface area contributed by atoms with Crippen molar-refractivity contribution in [2.24, 2.45) is 0 Å². The first-order valence-electron chi connectivity index (χ1n) is 13.5. The Hall–Kier alpha value is -3.99. The van der Waals surface area contributed by atoms with E-state index in [-0.39, 0.29) is 23.3 Å². The van der Waals surface area contributed by atoms with E-state index in [9.17, 15) is 35.1 Å². The van der Waals surface area contributed by atoms with E-state index >= 15 is 4.39 Å². The molecule has 0 saturated carbocycles. The van der Waals surface area contributed by atoms with Crippen LogP contribution in [-0.4, -0.2) is 6.11 Å². The van der Waals surface area contributed by atoms with E-state index in [1.807, 2.05) is 18.2 Å². The lowest BCUT2D eigenvalue weighted by molar-refractivity contribution is -0.180. The minimum absolute atomic E-state index is 0.0950. The van der Waals surface area contributed by atoms with Crippen LogP contribution in [0.1, 0.15) is 36.5 Å². The summed E-state index contributed by atoms with van der Waals surface area (Å²) in [4.78, 5) is 0.814. The molecule has 1 aromatic heterocycles. The fraction of sp³-hybridized carbons (Fsp3) is 0.212. The quantitative estimate of drug-likeness (QED) is 0.146. The molecule has 0 radical (unpaired) electrons. The number of ether oxygens (including phenoxy) is 1. The predicted octanol–water partition coefficient (Wildman–Crippen LogP) is 11.4. The van der Waals surface area contributed by atoms with Gasteiger partial charge in [0.1, 0.15) is 29.0 Å². The summed E-state index contributed by atoms with van der Waals surface area (Å²) >= 11 is 1.50. The Labute approximate surface area is 250 Å². The van der Waals surface area contributed by atoms with Crippen molar-refractivity contribution < 1.29 is 44.3 Å². The Balaban J connectivity index is 1.31. The van der Waals surface area contributed by atoms with Gasteiger partial charge in [-0.3, -0.25) is 0 Å². The van der Waals surface area contributed by atoms with Gasteiger partial charge >= 0.3 is 12.3 Å². The number of halogens is 9. The molecule has 1 heterocycles. The molecule has 0 bridgehead atoms. The van der Waals surface area contributed by atoms with Crippen molar-refractivity contribution in [1.29, 1.82) is 0 Å². The van der Waals surface area contributed by atoms with Gasteiger partial charge in [0.25, 0.3) is 0 Å². The number of benzene rings is 4. The van der Waals surface area contributed by atoms with Gasteiger partial charge in [-0.25, -0.2) is 17.6 Å². The van der Waals surface area contributed by atoms with Crippen LogP contribution >= 0.6 is 11.3 Å². The topological polar surface area (TPSA) is 9.23 Å². The monoisotopic (exact) mass is 638 g/mol. The number of hydrogen-bond acceptors (Lipinski definition) is 2. The number of rotatable bonds is 9. The standard InChI is InChI=1S/C33H23F9OS/c1-2-3-18-4-5-20-16-31(44-30(20)12-18)19-6-8-23(26(34)13-19)21-14-27(35)24(28(36)15-21)10-11-32(38,39)43-22-7-9-25(29(37)17-22)33(40,41)42/h4-9,12-17H,2-3,10-11H2,1H3. The third kappa shape index (κ3) is 6.88. The molecule has 0 fully saturated rings. The van der Waals surface area contributed by atoms with Gasteiger partial charge in [-0.1, -0.05) is 37.6 Å².